The Balaban J connectivity index is 2.13. The molecule has 0 aliphatic carbocycles. The first-order valence-electron chi connectivity index (χ1n) is 7.78. The van der Waals surface area contributed by atoms with E-state index in [0.717, 1.165) is 15.6 Å². The fourth-order valence-corrected chi connectivity index (χ4v) is 2.78. The monoisotopic (exact) mass is 397 g/mol. The highest BCUT2D eigenvalue weighted by atomic mass is 79.9. The zero-order chi connectivity index (χ0) is 17.4. The molecule has 0 bridgehead atoms. The molecular formula is C18H21BrFNO3. The molecular weight excluding hydrogens is 377 g/mol. The van der Waals surface area contributed by atoms with Crippen LogP contribution in [0.3, 0.4) is 0 Å². The summed E-state index contributed by atoms with van der Waals surface area (Å²) >= 11 is 3.52. The van der Waals surface area contributed by atoms with E-state index in [2.05, 4.69) is 21.2 Å². The van der Waals surface area contributed by atoms with Crippen LogP contribution in [0, 0.1) is 5.82 Å². The van der Waals surface area contributed by atoms with Crippen molar-refractivity contribution in [1.82, 2.24) is 5.32 Å². The summed E-state index contributed by atoms with van der Waals surface area (Å²) in [5, 5.41) is 12.0. The molecule has 0 aliphatic rings. The minimum absolute atomic E-state index is 0.0956. The first-order chi connectivity index (χ1) is 11.6. The molecule has 0 saturated heterocycles. The largest absolute Gasteiger partial charge is 0.490 e. The van der Waals surface area contributed by atoms with Gasteiger partial charge in [0.1, 0.15) is 12.4 Å². The molecule has 2 rings (SSSR count). The van der Waals surface area contributed by atoms with Crippen molar-refractivity contribution in [2.75, 3.05) is 19.8 Å². The highest BCUT2D eigenvalue weighted by Crippen LogP contribution is 2.37. The predicted octanol–water partition coefficient (Wildman–Crippen LogP) is 3.65. The molecule has 0 fully saturated rings. The van der Waals surface area contributed by atoms with E-state index in [4.69, 9.17) is 14.6 Å². The molecule has 0 unspecified atom stereocenters. The lowest BCUT2D eigenvalue weighted by atomic mass is 10.2. The second-order valence-corrected chi connectivity index (χ2v) is 6.01. The van der Waals surface area contributed by atoms with Crippen molar-refractivity contribution >= 4 is 15.9 Å². The molecule has 0 amide bonds. The van der Waals surface area contributed by atoms with Crippen LogP contribution < -0.4 is 14.8 Å². The topological polar surface area (TPSA) is 50.7 Å². The van der Waals surface area contributed by atoms with Gasteiger partial charge in [-0.05, 0) is 58.2 Å². The molecule has 2 N–H and O–H groups in total. The summed E-state index contributed by atoms with van der Waals surface area (Å²) in [7, 11) is 0. The summed E-state index contributed by atoms with van der Waals surface area (Å²) in [4.78, 5) is 0. The number of halogens is 2. The van der Waals surface area contributed by atoms with Crippen LogP contribution in [-0.4, -0.2) is 24.9 Å². The van der Waals surface area contributed by atoms with Crippen LogP contribution in [0.15, 0.2) is 40.9 Å². The molecule has 130 valence electrons. The smallest absolute Gasteiger partial charge is 0.175 e. The third-order valence-electron chi connectivity index (χ3n) is 3.28. The normalized spacial score (nSPS) is 10.7. The van der Waals surface area contributed by atoms with E-state index < -0.39 is 0 Å². The van der Waals surface area contributed by atoms with Crippen LogP contribution >= 0.6 is 15.9 Å². The molecule has 0 atom stereocenters. The minimum Gasteiger partial charge on any atom is -0.490 e. The molecule has 2 aromatic carbocycles. The lowest BCUT2D eigenvalue weighted by Crippen LogP contribution is -2.17. The van der Waals surface area contributed by atoms with Gasteiger partial charge in [-0.1, -0.05) is 12.1 Å². The molecule has 0 aliphatic heterocycles. The van der Waals surface area contributed by atoms with Gasteiger partial charge in [-0.2, -0.15) is 0 Å². The van der Waals surface area contributed by atoms with E-state index in [-0.39, 0.29) is 12.4 Å². The van der Waals surface area contributed by atoms with E-state index >= 15 is 0 Å². The Morgan fingerprint density at radius 3 is 2.54 bits per heavy atom. The maximum absolute atomic E-state index is 13.0. The van der Waals surface area contributed by atoms with E-state index in [9.17, 15) is 4.39 Å². The van der Waals surface area contributed by atoms with Gasteiger partial charge in [-0.3, -0.25) is 0 Å². The standard InChI is InChI=1S/C18H21BrFNO3/c1-2-23-17-10-14(11-21-7-8-22)9-16(19)18(17)24-12-13-3-5-15(20)6-4-13/h3-6,9-10,21-22H,2,7-8,11-12H2,1H3. The van der Waals surface area contributed by atoms with Crippen LogP contribution in [0.4, 0.5) is 4.39 Å². The maximum atomic E-state index is 13.0. The average Bonchev–Trinajstić information content (AvgIpc) is 2.56. The van der Waals surface area contributed by atoms with Gasteiger partial charge in [-0.25, -0.2) is 4.39 Å². The first-order valence-corrected chi connectivity index (χ1v) is 8.57. The predicted molar refractivity (Wildman–Crippen MR) is 94.8 cm³/mol. The fourth-order valence-electron chi connectivity index (χ4n) is 2.17. The van der Waals surface area contributed by atoms with Crippen LogP contribution in [0.25, 0.3) is 0 Å². The van der Waals surface area contributed by atoms with E-state index in [0.29, 0.717) is 37.8 Å². The summed E-state index contributed by atoms with van der Waals surface area (Å²) in [5.41, 5.74) is 1.90. The van der Waals surface area contributed by atoms with Gasteiger partial charge in [0.05, 0.1) is 17.7 Å². The lowest BCUT2D eigenvalue weighted by molar-refractivity contribution is 0.267. The Bertz CT molecular complexity index is 649. The average molecular weight is 398 g/mol. The van der Waals surface area contributed by atoms with Crippen LogP contribution in [-0.2, 0) is 13.2 Å². The fraction of sp³-hybridized carbons (Fsp3) is 0.333. The van der Waals surface area contributed by atoms with Crippen molar-refractivity contribution in [2.45, 2.75) is 20.1 Å². The maximum Gasteiger partial charge on any atom is 0.175 e. The molecule has 24 heavy (non-hydrogen) atoms. The van der Waals surface area contributed by atoms with Gasteiger partial charge in [0.25, 0.3) is 0 Å². The SMILES string of the molecule is CCOc1cc(CNCCO)cc(Br)c1OCc1ccc(F)cc1. The molecule has 4 nitrogen and oxygen atoms in total. The van der Waals surface area contributed by atoms with Crippen LogP contribution in [0.1, 0.15) is 18.1 Å². The highest BCUT2D eigenvalue weighted by Gasteiger charge is 2.12. The van der Waals surface area contributed by atoms with Crippen molar-refractivity contribution < 1.29 is 19.0 Å². The third kappa shape index (κ3) is 5.47. The molecule has 0 saturated carbocycles. The van der Waals surface area contributed by atoms with E-state index in [1.165, 1.54) is 12.1 Å². The summed E-state index contributed by atoms with van der Waals surface area (Å²) in [6.07, 6.45) is 0. The van der Waals surface area contributed by atoms with Gasteiger partial charge >= 0.3 is 0 Å². The van der Waals surface area contributed by atoms with Crippen molar-refractivity contribution in [3.8, 4) is 11.5 Å². The number of aliphatic hydroxyl groups excluding tert-OH is 1. The van der Waals surface area contributed by atoms with Crippen molar-refractivity contribution in [2.24, 2.45) is 0 Å². The van der Waals surface area contributed by atoms with Gasteiger partial charge in [0, 0.05) is 13.1 Å². The number of rotatable bonds is 9. The van der Waals surface area contributed by atoms with E-state index in [1.54, 1.807) is 12.1 Å². The number of hydrogen-bond donors (Lipinski definition) is 2. The second kappa shape index (κ2) is 9.61. The molecule has 0 radical (unpaired) electrons. The Labute approximate surface area is 149 Å². The minimum atomic E-state index is -0.269. The summed E-state index contributed by atoms with van der Waals surface area (Å²) < 4.78 is 25.3. The second-order valence-electron chi connectivity index (χ2n) is 5.15. The van der Waals surface area contributed by atoms with Gasteiger partial charge in [0.2, 0.25) is 0 Å². The van der Waals surface area contributed by atoms with Crippen molar-refractivity contribution in [3.05, 3.63) is 57.8 Å². The Kier molecular flexibility index (Phi) is 7.49. The van der Waals surface area contributed by atoms with Crippen LogP contribution in [0.5, 0.6) is 11.5 Å². The number of aliphatic hydroxyl groups is 1. The Morgan fingerprint density at radius 2 is 1.88 bits per heavy atom. The first kappa shape index (κ1) is 18.7. The quantitative estimate of drug-likeness (QED) is 0.634. The Hall–Kier alpha value is -1.63. The molecule has 2 aromatic rings. The lowest BCUT2D eigenvalue weighted by Gasteiger charge is -2.16. The number of benzene rings is 2. The molecule has 0 spiro atoms. The van der Waals surface area contributed by atoms with Crippen molar-refractivity contribution in [1.29, 1.82) is 0 Å². The van der Waals surface area contributed by atoms with Gasteiger partial charge in [0.15, 0.2) is 11.5 Å². The molecule has 0 heterocycles. The van der Waals surface area contributed by atoms with Gasteiger partial charge in [-0.15, -0.1) is 0 Å². The highest BCUT2D eigenvalue weighted by molar-refractivity contribution is 9.10. The summed E-state index contributed by atoms with van der Waals surface area (Å²) in [6.45, 7) is 4.00. The number of ether oxygens (including phenoxy) is 2. The van der Waals surface area contributed by atoms with Gasteiger partial charge < -0.3 is 19.9 Å². The molecule has 0 aromatic heterocycles. The third-order valence-corrected chi connectivity index (χ3v) is 3.87. The zero-order valence-electron chi connectivity index (χ0n) is 13.5. The van der Waals surface area contributed by atoms with E-state index in [1.807, 2.05) is 19.1 Å². The summed E-state index contributed by atoms with van der Waals surface area (Å²) in [6, 6.07) is 10.1. The number of nitrogens with one attached hydrogen (secondary N) is 1. The zero-order valence-corrected chi connectivity index (χ0v) is 15.1. The van der Waals surface area contributed by atoms with Crippen LogP contribution in [0.2, 0.25) is 0 Å². The van der Waals surface area contributed by atoms with Crippen molar-refractivity contribution in [3.63, 3.8) is 0 Å². The number of hydrogen-bond acceptors (Lipinski definition) is 4. The Morgan fingerprint density at radius 1 is 1.12 bits per heavy atom. The molecule has 6 heteroatoms. The summed E-state index contributed by atoms with van der Waals surface area (Å²) in [5.74, 6) is 0.997.